The molecule has 0 radical (unpaired) electrons. The maximum atomic E-state index is 12.8. The number of ether oxygens (including phenoxy) is 1. The Kier molecular flexibility index (Phi) is 7.27. The minimum atomic E-state index is 0.104. The zero-order valence-electron chi connectivity index (χ0n) is 15.2. The fourth-order valence-corrected chi connectivity index (χ4v) is 2.96. The van der Waals surface area contributed by atoms with Gasteiger partial charge < -0.3 is 9.64 Å². The lowest BCUT2D eigenvalue weighted by molar-refractivity contribution is -0.131. The summed E-state index contributed by atoms with van der Waals surface area (Å²) in [5, 5.41) is 0. The van der Waals surface area contributed by atoms with Gasteiger partial charge in [0.2, 0.25) is 5.91 Å². The zero-order chi connectivity index (χ0) is 18.1. The van der Waals surface area contributed by atoms with Crippen molar-refractivity contribution < 1.29 is 9.53 Å². The molecule has 2 rings (SSSR count). The minimum absolute atomic E-state index is 0.104. The molecular weight excluding hydrogens is 310 g/mol. The highest BCUT2D eigenvalue weighted by molar-refractivity contribution is 5.77. The number of rotatable bonds is 9. The molecule has 0 N–H and O–H groups in total. The molecule has 0 heterocycles. The number of methoxy groups -OCH3 is 1. The highest BCUT2D eigenvalue weighted by atomic mass is 16.5. The van der Waals surface area contributed by atoms with Gasteiger partial charge in [0.05, 0.1) is 7.11 Å². The van der Waals surface area contributed by atoms with Crippen LogP contribution < -0.4 is 4.74 Å². The van der Waals surface area contributed by atoms with E-state index in [1.54, 1.807) is 13.2 Å². The van der Waals surface area contributed by atoms with Crippen LogP contribution in [0.3, 0.4) is 0 Å². The van der Waals surface area contributed by atoms with E-state index in [1.165, 1.54) is 5.56 Å². The average molecular weight is 337 g/mol. The van der Waals surface area contributed by atoms with Crippen LogP contribution in [0.4, 0.5) is 0 Å². The second kappa shape index (κ2) is 9.67. The summed E-state index contributed by atoms with van der Waals surface area (Å²) in [6.07, 6.45) is 3.10. The number of amides is 1. The van der Waals surface area contributed by atoms with Crippen molar-refractivity contribution in [1.29, 1.82) is 0 Å². The Morgan fingerprint density at radius 3 is 2.52 bits per heavy atom. The quantitative estimate of drug-likeness (QED) is 0.633. The number of hydrogen-bond acceptors (Lipinski definition) is 2. The van der Waals surface area contributed by atoms with Crippen LogP contribution in [-0.4, -0.2) is 31.0 Å². The second-order valence-corrected chi connectivity index (χ2v) is 6.21. The number of carbonyl (C=O) groups is 1. The predicted molar refractivity (Wildman–Crippen MR) is 103 cm³/mol. The van der Waals surface area contributed by atoms with E-state index in [1.807, 2.05) is 47.4 Å². The lowest BCUT2D eigenvalue weighted by Gasteiger charge is -2.24. The molecular formula is C22H27NO2. The summed E-state index contributed by atoms with van der Waals surface area (Å²) in [4.78, 5) is 14.7. The molecule has 3 heteroatoms. The monoisotopic (exact) mass is 337 g/mol. The molecule has 2 aromatic carbocycles. The molecule has 0 aliphatic carbocycles. The van der Waals surface area contributed by atoms with Gasteiger partial charge in [-0.3, -0.25) is 4.79 Å². The molecule has 0 spiro atoms. The topological polar surface area (TPSA) is 29.5 Å². The highest BCUT2D eigenvalue weighted by Gasteiger charge is 2.19. The summed E-state index contributed by atoms with van der Waals surface area (Å²) in [7, 11) is 1.66. The van der Waals surface area contributed by atoms with Gasteiger partial charge in [-0.05, 0) is 29.5 Å². The van der Waals surface area contributed by atoms with Gasteiger partial charge in [0.25, 0.3) is 0 Å². The maximum absolute atomic E-state index is 12.8. The van der Waals surface area contributed by atoms with Gasteiger partial charge in [0.1, 0.15) is 5.75 Å². The van der Waals surface area contributed by atoms with Crippen LogP contribution in [0.15, 0.2) is 67.3 Å². The van der Waals surface area contributed by atoms with Crippen LogP contribution in [0.1, 0.15) is 30.4 Å². The van der Waals surface area contributed by atoms with E-state index in [0.29, 0.717) is 19.5 Å². The van der Waals surface area contributed by atoms with Gasteiger partial charge in [0, 0.05) is 19.5 Å². The first kappa shape index (κ1) is 18.8. The van der Waals surface area contributed by atoms with E-state index in [0.717, 1.165) is 17.7 Å². The molecule has 0 bridgehead atoms. The van der Waals surface area contributed by atoms with Crippen LogP contribution in [0.5, 0.6) is 5.75 Å². The van der Waals surface area contributed by atoms with Crippen molar-refractivity contribution in [3.63, 3.8) is 0 Å². The summed E-state index contributed by atoms with van der Waals surface area (Å²) in [6, 6.07) is 18.1. The third-order valence-electron chi connectivity index (χ3n) is 4.37. The molecule has 0 aromatic heterocycles. The van der Waals surface area contributed by atoms with Crippen LogP contribution in [0.2, 0.25) is 0 Å². The molecule has 1 atom stereocenters. The first-order chi connectivity index (χ1) is 12.2. The third kappa shape index (κ3) is 5.49. The fraction of sp³-hybridized carbons (Fsp3) is 0.318. The van der Waals surface area contributed by atoms with Gasteiger partial charge in [-0.25, -0.2) is 0 Å². The molecule has 0 aliphatic heterocycles. The van der Waals surface area contributed by atoms with Gasteiger partial charge in [-0.2, -0.15) is 0 Å². The SMILES string of the molecule is C=CCN(CCc1ccccc1)C(=O)CC(C)c1ccccc1OC. The van der Waals surface area contributed by atoms with Crippen LogP contribution >= 0.6 is 0 Å². The molecule has 0 fully saturated rings. The molecule has 2 aromatic rings. The first-order valence-electron chi connectivity index (χ1n) is 8.71. The molecule has 25 heavy (non-hydrogen) atoms. The van der Waals surface area contributed by atoms with Crippen LogP contribution in [0, 0.1) is 0 Å². The molecule has 1 unspecified atom stereocenters. The van der Waals surface area contributed by atoms with Crippen molar-refractivity contribution in [2.24, 2.45) is 0 Å². The summed E-state index contributed by atoms with van der Waals surface area (Å²) >= 11 is 0. The van der Waals surface area contributed by atoms with Crippen molar-refractivity contribution in [2.45, 2.75) is 25.7 Å². The van der Waals surface area contributed by atoms with Gasteiger partial charge >= 0.3 is 0 Å². The highest BCUT2D eigenvalue weighted by Crippen LogP contribution is 2.28. The number of nitrogens with zero attached hydrogens (tertiary/aromatic N) is 1. The van der Waals surface area contributed by atoms with Crippen LogP contribution in [-0.2, 0) is 11.2 Å². The Balaban J connectivity index is 2.00. The van der Waals surface area contributed by atoms with Crippen molar-refractivity contribution >= 4 is 5.91 Å². The van der Waals surface area contributed by atoms with E-state index in [-0.39, 0.29) is 11.8 Å². The Morgan fingerprint density at radius 1 is 1.16 bits per heavy atom. The van der Waals surface area contributed by atoms with E-state index in [2.05, 4.69) is 25.6 Å². The second-order valence-electron chi connectivity index (χ2n) is 6.21. The Bertz CT molecular complexity index is 681. The minimum Gasteiger partial charge on any atom is -0.496 e. The summed E-state index contributed by atoms with van der Waals surface area (Å²) in [5.74, 6) is 1.09. The molecule has 0 saturated heterocycles. The standard InChI is InChI=1S/C22H27NO2/c1-4-15-23(16-14-19-10-6-5-7-11-19)22(24)17-18(2)20-12-8-9-13-21(20)25-3/h4-13,18H,1,14-17H2,2-3H3. The van der Waals surface area contributed by atoms with Crippen molar-refractivity contribution in [3.05, 3.63) is 78.4 Å². The lowest BCUT2D eigenvalue weighted by atomic mass is 9.96. The lowest BCUT2D eigenvalue weighted by Crippen LogP contribution is -2.33. The maximum Gasteiger partial charge on any atom is 0.223 e. The molecule has 0 aliphatic rings. The Hall–Kier alpha value is -2.55. The number of benzene rings is 2. The van der Waals surface area contributed by atoms with Gasteiger partial charge in [-0.1, -0.05) is 61.5 Å². The largest absolute Gasteiger partial charge is 0.496 e. The average Bonchev–Trinajstić information content (AvgIpc) is 2.65. The normalized spacial score (nSPS) is 11.6. The summed E-state index contributed by atoms with van der Waals surface area (Å²) in [5.41, 5.74) is 2.31. The Labute approximate surface area is 150 Å². The van der Waals surface area contributed by atoms with Crippen molar-refractivity contribution in [2.75, 3.05) is 20.2 Å². The van der Waals surface area contributed by atoms with E-state index in [9.17, 15) is 4.79 Å². The molecule has 0 saturated carbocycles. The Morgan fingerprint density at radius 2 is 1.84 bits per heavy atom. The molecule has 1 amide bonds. The molecule has 3 nitrogen and oxygen atoms in total. The predicted octanol–water partition coefficient (Wildman–Crippen LogP) is 4.45. The first-order valence-corrected chi connectivity index (χ1v) is 8.71. The number of hydrogen-bond donors (Lipinski definition) is 0. The van der Waals surface area contributed by atoms with E-state index in [4.69, 9.17) is 4.74 Å². The van der Waals surface area contributed by atoms with Gasteiger partial charge in [-0.15, -0.1) is 6.58 Å². The third-order valence-corrected chi connectivity index (χ3v) is 4.37. The molecule has 132 valence electrons. The van der Waals surface area contributed by atoms with E-state index >= 15 is 0 Å². The summed E-state index contributed by atoms with van der Waals surface area (Å²) < 4.78 is 5.42. The fourth-order valence-electron chi connectivity index (χ4n) is 2.96. The summed E-state index contributed by atoms with van der Waals surface area (Å²) in [6.45, 7) is 7.13. The van der Waals surface area contributed by atoms with Crippen molar-refractivity contribution in [1.82, 2.24) is 4.90 Å². The van der Waals surface area contributed by atoms with Crippen LogP contribution in [0.25, 0.3) is 0 Å². The smallest absolute Gasteiger partial charge is 0.223 e. The van der Waals surface area contributed by atoms with Crippen molar-refractivity contribution in [3.8, 4) is 5.75 Å². The van der Waals surface area contributed by atoms with Gasteiger partial charge in [0.15, 0.2) is 0 Å². The zero-order valence-corrected chi connectivity index (χ0v) is 15.2. The number of para-hydroxylation sites is 1. The number of carbonyl (C=O) groups excluding carboxylic acids is 1. The van der Waals surface area contributed by atoms with E-state index < -0.39 is 0 Å².